The molecule has 0 aliphatic carbocycles. The predicted molar refractivity (Wildman–Crippen MR) is 50.4 cm³/mol. The van der Waals surface area contributed by atoms with Crippen molar-refractivity contribution in [1.29, 1.82) is 0 Å². The Balaban J connectivity index is -0.0000000904. The van der Waals surface area contributed by atoms with Gasteiger partial charge in [0, 0.05) is 0 Å². The molecule has 0 fully saturated rings. The third kappa shape index (κ3) is 31.4. The van der Waals surface area contributed by atoms with Crippen LogP contribution in [0.5, 0.6) is 0 Å². The Labute approximate surface area is 112 Å². The van der Waals surface area contributed by atoms with E-state index in [2.05, 4.69) is 0 Å². The van der Waals surface area contributed by atoms with Gasteiger partial charge in [-0.25, -0.2) is 0 Å². The van der Waals surface area contributed by atoms with Gasteiger partial charge in [-0.1, -0.05) is 13.8 Å². The van der Waals surface area contributed by atoms with Crippen molar-refractivity contribution in [2.75, 3.05) is 0 Å². The first-order valence-electron chi connectivity index (χ1n) is 3.72. The molecule has 5 N–H and O–H groups in total. The van der Waals surface area contributed by atoms with Crippen molar-refractivity contribution in [3.05, 3.63) is 0 Å². The van der Waals surface area contributed by atoms with Crippen LogP contribution in [0.1, 0.15) is 21.7 Å². The molecule has 0 bridgehead atoms. The molecule has 0 rings (SSSR count). The minimum absolute atomic E-state index is 0. The maximum Gasteiger partial charge on any atom is 1.00 e. The van der Waals surface area contributed by atoms with Crippen LogP contribution in [0.25, 0.3) is 0 Å². The van der Waals surface area contributed by atoms with Gasteiger partial charge in [0.15, 0.2) is 0 Å². The van der Waals surface area contributed by atoms with Gasteiger partial charge in [-0.05, 0) is 12.3 Å². The molecular weight excluding hydrogens is 237 g/mol. The molecule has 0 saturated carbocycles. The normalized spacial score (nSPS) is 12.1. The van der Waals surface area contributed by atoms with Crippen LogP contribution in [0.2, 0.25) is 0 Å². The van der Waals surface area contributed by atoms with Gasteiger partial charge in [-0.2, -0.15) is 8.42 Å². The van der Waals surface area contributed by atoms with Crippen LogP contribution in [-0.2, 0) is 15.2 Å². The summed E-state index contributed by atoms with van der Waals surface area (Å²) in [7, 11) is -4.67. The van der Waals surface area contributed by atoms with Gasteiger partial charge in [0.05, 0.1) is 0 Å². The van der Waals surface area contributed by atoms with Crippen molar-refractivity contribution >= 4 is 16.4 Å². The van der Waals surface area contributed by atoms with E-state index in [1.807, 2.05) is 13.8 Å². The maximum atomic E-state index is 10.1. The number of aliphatic carboxylic acids is 1. The minimum atomic E-state index is -4.67. The van der Waals surface area contributed by atoms with Gasteiger partial charge < -0.3 is 12.3 Å². The van der Waals surface area contributed by atoms with Gasteiger partial charge in [0.1, 0.15) is 6.04 Å². The van der Waals surface area contributed by atoms with Crippen LogP contribution >= 0.6 is 0 Å². The van der Waals surface area contributed by atoms with E-state index >= 15 is 0 Å². The van der Waals surface area contributed by atoms with Gasteiger partial charge in [-0.3, -0.25) is 13.9 Å². The van der Waals surface area contributed by atoms with Gasteiger partial charge >= 0.3 is 45.9 Å². The fourth-order valence-electron chi connectivity index (χ4n) is 0.609. The Hall–Kier alpha value is 0.300. The predicted octanol–water partition coefficient (Wildman–Crippen LogP) is -3.09. The molecule has 0 amide bonds. The van der Waals surface area contributed by atoms with E-state index < -0.39 is 22.4 Å². The fraction of sp³-hybridized carbons (Fsp3) is 0.833. The Morgan fingerprint density at radius 2 is 1.67 bits per heavy atom. The minimum Gasteiger partial charge on any atom is -1.00 e. The molecule has 0 aliphatic rings. The molecule has 0 heterocycles. The summed E-state index contributed by atoms with van der Waals surface area (Å²) in [6, 6.07) is -0.690. The summed E-state index contributed by atoms with van der Waals surface area (Å²) in [5, 5.41) is 8.31. The van der Waals surface area contributed by atoms with E-state index in [0.29, 0.717) is 12.3 Å². The van der Waals surface area contributed by atoms with Crippen molar-refractivity contribution in [3.8, 4) is 0 Å². The number of carbonyl (C=O) groups is 1. The standard InChI is InChI=1S/C6H13NO2.Na.H2O4S.H/c1-4(2)3-5(7)6(8)9;;1-5(2,3)4;/h4-5H,3,7H2,1-2H3,(H,8,9);;(H2,1,2,3,4);/q;+1;;-1/t5-;;;/m0.../s1. The van der Waals surface area contributed by atoms with Crippen LogP contribution in [0, 0.1) is 5.92 Å². The van der Waals surface area contributed by atoms with Crippen LogP contribution in [0.15, 0.2) is 0 Å². The number of nitrogens with two attached hydrogens (primary N) is 1. The molecule has 0 unspecified atom stereocenters. The summed E-state index contributed by atoms with van der Waals surface area (Å²) in [6.45, 7) is 3.89. The first-order valence-corrected chi connectivity index (χ1v) is 5.12. The van der Waals surface area contributed by atoms with E-state index in [9.17, 15) is 4.79 Å². The molecule has 0 saturated heterocycles. The van der Waals surface area contributed by atoms with E-state index in [4.69, 9.17) is 28.4 Å². The van der Waals surface area contributed by atoms with Gasteiger partial charge in [0.2, 0.25) is 0 Å². The van der Waals surface area contributed by atoms with Crippen molar-refractivity contribution < 1.29 is 58.4 Å². The topological polar surface area (TPSA) is 138 Å². The molecule has 0 spiro atoms. The zero-order valence-electron chi connectivity index (χ0n) is 9.91. The third-order valence-corrected chi connectivity index (χ3v) is 1.04. The molecule has 0 aromatic rings. The SMILES string of the molecule is CC(C)C[C@H](N)C(=O)O.O=S(=O)(O)O.[H-].[Na+]. The van der Waals surface area contributed by atoms with Crippen molar-refractivity contribution in [1.82, 2.24) is 0 Å². The Morgan fingerprint density at radius 1 is 1.40 bits per heavy atom. The molecule has 7 nitrogen and oxygen atoms in total. The smallest absolute Gasteiger partial charge is 1.00 e. The second-order valence-electron chi connectivity index (χ2n) is 3.02. The third-order valence-electron chi connectivity index (χ3n) is 1.04. The fourth-order valence-corrected chi connectivity index (χ4v) is 0.609. The first kappa shape index (κ1) is 20.7. The van der Waals surface area contributed by atoms with Gasteiger partial charge in [-0.15, -0.1) is 0 Å². The van der Waals surface area contributed by atoms with E-state index in [1.54, 1.807) is 0 Å². The summed E-state index contributed by atoms with van der Waals surface area (Å²) < 4.78 is 31.6. The van der Waals surface area contributed by atoms with Crippen LogP contribution < -0.4 is 35.3 Å². The van der Waals surface area contributed by atoms with Crippen LogP contribution in [0.3, 0.4) is 0 Å². The molecule has 0 aromatic carbocycles. The van der Waals surface area contributed by atoms with Crippen molar-refractivity contribution in [3.63, 3.8) is 0 Å². The molecule has 0 aliphatic heterocycles. The molecule has 15 heavy (non-hydrogen) atoms. The summed E-state index contributed by atoms with van der Waals surface area (Å²) >= 11 is 0. The second-order valence-corrected chi connectivity index (χ2v) is 3.92. The summed E-state index contributed by atoms with van der Waals surface area (Å²) in [6.07, 6.45) is 0.551. The van der Waals surface area contributed by atoms with Crippen LogP contribution in [-0.4, -0.2) is 34.6 Å². The number of carboxylic acid groups (broad SMARTS) is 1. The molecule has 9 heteroatoms. The van der Waals surface area contributed by atoms with E-state index in [1.165, 1.54) is 0 Å². The summed E-state index contributed by atoms with van der Waals surface area (Å²) in [5.74, 6) is -0.556. The Morgan fingerprint density at radius 3 is 1.73 bits per heavy atom. The van der Waals surface area contributed by atoms with E-state index in [0.717, 1.165) is 0 Å². The van der Waals surface area contributed by atoms with E-state index in [-0.39, 0.29) is 31.0 Å². The van der Waals surface area contributed by atoms with Crippen molar-refractivity contribution in [2.45, 2.75) is 26.3 Å². The zero-order valence-corrected chi connectivity index (χ0v) is 11.7. The number of carboxylic acids is 1. The number of rotatable bonds is 3. The molecule has 0 radical (unpaired) electrons. The zero-order chi connectivity index (χ0) is 11.9. The Kier molecular flexibility index (Phi) is 13.1. The molecular formula is C6H16NNaO6S. The largest absolute Gasteiger partial charge is 1.00 e. The van der Waals surface area contributed by atoms with Gasteiger partial charge in [0.25, 0.3) is 0 Å². The molecule has 1 atom stereocenters. The number of hydrogen-bond acceptors (Lipinski definition) is 4. The quantitative estimate of drug-likeness (QED) is 0.309. The Bertz CT molecular complexity index is 262. The van der Waals surface area contributed by atoms with Crippen molar-refractivity contribution in [2.24, 2.45) is 11.7 Å². The first-order chi connectivity index (χ1) is 6.04. The average molecular weight is 253 g/mol. The van der Waals surface area contributed by atoms with Crippen LogP contribution in [0.4, 0.5) is 0 Å². The summed E-state index contributed by atoms with van der Waals surface area (Å²) in [5.41, 5.74) is 5.22. The second kappa shape index (κ2) is 9.52. The monoisotopic (exact) mass is 253 g/mol. The molecule has 0 aromatic heterocycles. The summed E-state index contributed by atoms with van der Waals surface area (Å²) in [4.78, 5) is 10.1. The average Bonchev–Trinajstić information content (AvgIpc) is 1.80. The number of hydrogen-bond donors (Lipinski definition) is 4. The maximum absolute atomic E-state index is 10.1. The molecule has 88 valence electrons.